The van der Waals surface area contributed by atoms with E-state index in [1.165, 1.54) is 10.8 Å². The van der Waals surface area contributed by atoms with E-state index < -0.39 is 0 Å². The smallest absolute Gasteiger partial charge is 0.269 e. The van der Waals surface area contributed by atoms with Crippen LogP contribution in [0.5, 0.6) is 0 Å². The van der Waals surface area contributed by atoms with Gasteiger partial charge < -0.3 is 9.64 Å². The molecule has 2 aliphatic heterocycles. The van der Waals surface area contributed by atoms with E-state index in [4.69, 9.17) is 4.74 Å². The highest BCUT2D eigenvalue weighted by Crippen LogP contribution is 2.35. The van der Waals surface area contributed by atoms with Crippen molar-refractivity contribution in [2.24, 2.45) is 0 Å². The Morgan fingerprint density at radius 2 is 2.00 bits per heavy atom. The van der Waals surface area contributed by atoms with Crippen molar-refractivity contribution in [2.75, 3.05) is 19.7 Å². The van der Waals surface area contributed by atoms with Gasteiger partial charge in [0.2, 0.25) is 5.91 Å². The number of hydrogen-bond donors (Lipinski definition) is 0. The summed E-state index contributed by atoms with van der Waals surface area (Å²) in [7, 11) is 0. The van der Waals surface area contributed by atoms with Crippen molar-refractivity contribution in [1.29, 1.82) is 0 Å². The Labute approximate surface area is 146 Å². The summed E-state index contributed by atoms with van der Waals surface area (Å²) >= 11 is 0. The number of nitrogens with zero attached hydrogens (tertiary/aromatic N) is 3. The lowest BCUT2D eigenvalue weighted by atomic mass is 9.92. The SMILES string of the molecule is O=C(Cn1c(=O)cnc2ccccc21)N1CCCC2(CCCO2)CC1. The maximum absolute atomic E-state index is 12.8. The summed E-state index contributed by atoms with van der Waals surface area (Å²) < 4.78 is 7.51. The predicted octanol–water partition coefficient (Wildman–Crippen LogP) is 1.96. The number of para-hydroxylation sites is 2. The minimum Gasteiger partial charge on any atom is -0.375 e. The van der Waals surface area contributed by atoms with Crippen LogP contribution >= 0.6 is 0 Å². The minimum atomic E-state index is -0.238. The van der Waals surface area contributed by atoms with Crippen LogP contribution in [-0.2, 0) is 16.1 Å². The Bertz CT molecular complexity index is 839. The van der Waals surface area contributed by atoms with Gasteiger partial charge in [-0.1, -0.05) is 12.1 Å². The topological polar surface area (TPSA) is 64.4 Å². The van der Waals surface area contributed by atoms with Gasteiger partial charge in [-0.05, 0) is 44.2 Å². The molecule has 2 saturated heterocycles. The van der Waals surface area contributed by atoms with Crippen LogP contribution in [0.3, 0.4) is 0 Å². The highest BCUT2D eigenvalue weighted by molar-refractivity contribution is 5.80. The zero-order valence-electron chi connectivity index (χ0n) is 14.3. The summed E-state index contributed by atoms with van der Waals surface area (Å²) in [6.07, 6.45) is 6.38. The average Bonchev–Trinajstić information content (AvgIpc) is 2.98. The third-order valence-corrected chi connectivity index (χ3v) is 5.48. The second-order valence-corrected chi connectivity index (χ2v) is 7.04. The lowest BCUT2D eigenvalue weighted by molar-refractivity contribution is -0.132. The molecular weight excluding hydrogens is 318 g/mol. The quantitative estimate of drug-likeness (QED) is 0.838. The summed E-state index contributed by atoms with van der Waals surface area (Å²) in [5.74, 6) is -0.00602. The van der Waals surface area contributed by atoms with E-state index in [-0.39, 0.29) is 23.6 Å². The first kappa shape index (κ1) is 16.3. The van der Waals surface area contributed by atoms with Crippen molar-refractivity contribution in [3.8, 4) is 0 Å². The number of ether oxygens (including phenoxy) is 1. The van der Waals surface area contributed by atoms with Crippen LogP contribution in [0.15, 0.2) is 35.3 Å². The Morgan fingerprint density at radius 1 is 1.16 bits per heavy atom. The Balaban J connectivity index is 1.53. The third kappa shape index (κ3) is 3.18. The summed E-state index contributed by atoms with van der Waals surface area (Å²) in [5, 5.41) is 0. The molecule has 6 heteroatoms. The molecule has 1 unspecified atom stereocenters. The molecule has 4 rings (SSSR count). The van der Waals surface area contributed by atoms with E-state index in [1.807, 2.05) is 29.2 Å². The van der Waals surface area contributed by atoms with E-state index in [1.54, 1.807) is 0 Å². The summed E-state index contributed by atoms with van der Waals surface area (Å²) in [5.41, 5.74) is 1.17. The van der Waals surface area contributed by atoms with Gasteiger partial charge in [0.05, 0.1) is 22.8 Å². The molecule has 0 bridgehead atoms. The number of rotatable bonds is 2. The Morgan fingerprint density at radius 3 is 2.84 bits per heavy atom. The van der Waals surface area contributed by atoms with Crippen LogP contribution in [0.2, 0.25) is 0 Å². The number of benzene rings is 1. The van der Waals surface area contributed by atoms with Crippen molar-refractivity contribution in [2.45, 2.75) is 44.2 Å². The summed E-state index contributed by atoms with van der Waals surface area (Å²) in [6.45, 7) is 2.35. The van der Waals surface area contributed by atoms with E-state index in [9.17, 15) is 9.59 Å². The van der Waals surface area contributed by atoms with Gasteiger partial charge in [0.1, 0.15) is 6.54 Å². The van der Waals surface area contributed by atoms with Gasteiger partial charge in [-0.2, -0.15) is 0 Å². The van der Waals surface area contributed by atoms with Crippen LogP contribution in [0.25, 0.3) is 11.0 Å². The second-order valence-electron chi connectivity index (χ2n) is 7.04. The lowest BCUT2D eigenvalue weighted by Crippen LogP contribution is -2.38. The van der Waals surface area contributed by atoms with Gasteiger partial charge in [-0.3, -0.25) is 14.2 Å². The molecule has 6 nitrogen and oxygen atoms in total. The minimum absolute atomic E-state index is 0.00602. The largest absolute Gasteiger partial charge is 0.375 e. The first-order chi connectivity index (χ1) is 12.2. The normalized spacial score (nSPS) is 23.9. The highest BCUT2D eigenvalue weighted by Gasteiger charge is 2.37. The first-order valence-electron chi connectivity index (χ1n) is 9.03. The number of carbonyl (C=O) groups excluding carboxylic acids is 1. The van der Waals surface area contributed by atoms with Gasteiger partial charge >= 0.3 is 0 Å². The summed E-state index contributed by atoms with van der Waals surface area (Å²) in [6, 6.07) is 7.42. The van der Waals surface area contributed by atoms with Gasteiger partial charge in [-0.15, -0.1) is 0 Å². The molecule has 2 aliphatic rings. The number of amides is 1. The molecule has 0 aliphatic carbocycles. The molecule has 1 aromatic heterocycles. The molecule has 1 spiro atoms. The van der Waals surface area contributed by atoms with Gasteiger partial charge in [0.15, 0.2) is 0 Å². The van der Waals surface area contributed by atoms with E-state index in [0.717, 1.165) is 50.8 Å². The number of carbonyl (C=O) groups is 1. The standard InChI is InChI=1S/C19H23N3O3/c23-17-13-20-15-5-1-2-6-16(15)22(17)14-18(24)21-10-3-7-19(9-11-21)8-4-12-25-19/h1-2,5-6,13H,3-4,7-12,14H2. The second kappa shape index (κ2) is 6.59. The predicted molar refractivity (Wildman–Crippen MR) is 94.4 cm³/mol. The van der Waals surface area contributed by atoms with Crippen molar-refractivity contribution >= 4 is 16.9 Å². The molecule has 1 atom stereocenters. The lowest BCUT2D eigenvalue weighted by Gasteiger charge is -2.27. The molecule has 1 aromatic carbocycles. The maximum atomic E-state index is 12.8. The van der Waals surface area contributed by atoms with Crippen LogP contribution in [0.4, 0.5) is 0 Å². The maximum Gasteiger partial charge on any atom is 0.269 e. The molecule has 3 heterocycles. The van der Waals surface area contributed by atoms with E-state index in [2.05, 4.69) is 4.98 Å². The van der Waals surface area contributed by atoms with Crippen LogP contribution < -0.4 is 5.56 Å². The zero-order valence-corrected chi connectivity index (χ0v) is 14.3. The summed E-state index contributed by atoms with van der Waals surface area (Å²) in [4.78, 5) is 31.1. The van der Waals surface area contributed by atoms with Gasteiger partial charge in [-0.25, -0.2) is 4.98 Å². The molecule has 132 valence electrons. The van der Waals surface area contributed by atoms with Crippen LogP contribution in [-0.4, -0.2) is 45.7 Å². The number of aromatic nitrogens is 2. The molecule has 25 heavy (non-hydrogen) atoms. The Kier molecular flexibility index (Phi) is 4.29. The average molecular weight is 341 g/mol. The molecule has 0 N–H and O–H groups in total. The molecule has 0 radical (unpaired) electrons. The molecule has 2 fully saturated rings. The van der Waals surface area contributed by atoms with Crippen LogP contribution in [0, 0.1) is 0 Å². The first-order valence-corrected chi connectivity index (χ1v) is 9.03. The fraction of sp³-hybridized carbons (Fsp3) is 0.526. The van der Waals surface area contributed by atoms with Crippen molar-refractivity contribution in [3.63, 3.8) is 0 Å². The van der Waals surface area contributed by atoms with E-state index in [0.29, 0.717) is 12.1 Å². The van der Waals surface area contributed by atoms with Crippen molar-refractivity contribution in [3.05, 3.63) is 40.8 Å². The van der Waals surface area contributed by atoms with Crippen molar-refractivity contribution in [1.82, 2.24) is 14.5 Å². The fourth-order valence-electron chi connectivity index (χ4n) is 4.08. The third-order valence-electron chi connectivity index (χ3n) is 5.48. The molecule has 1 amide bonds. The van der Waals surface area contributed by atoms with Gasteiger partial charge in [0, 0.05) is 19.7 Å². The zero-order chi connectivity index (χ0) is 17.3. The fourth-order valence-corrected chi connectivity index (χ4v) is 4.08. The van der Waals surface area contributed by atoms with Gasteiger partial charge in [0.25, 0.3) is 5.56 Å². The number of likely N-dealkylation sites (tertiary alicyclic amines) is 1. The monoisotopic (exact) mass is 341 g/mol. The number of hydrogen-bond acceptors (Lipinski definition) is 4. The Hall–Kier alpha value is -2.21. The van der Waals surface area contributed by atoms with Crippen molar-refractivity contribution < 1.29 is 9.53 Å². The van der Waals surface area contributed by atoms with Crippen LogP contribution in [0.1, 0.15) is 32.1 Å². The molecular formula is C19H23N3O3. The molecule has 0 saturated carbocycles. The highest BCUT2D eigenvalue weighted by atomic mass is 16.5. The number of fused-ring (bicyclic) bond motifs is 1. The molecule has 2 aromatic rings. The van der Waals surface area contributed by atoms with E-state index >= 15 is 0 Å².